The summed E-state index contributed by atoms with van der Waals surface area (Å²) in [5, 5.41) is 12.3. The highest BCUT2D eigenvalue weighted by molar-refractivity contribution is 5.48. The summed E-state index contributed by atoms with van der Waals surface area (Å²) in [7, 11) is 0. The number of nitrogens with one attached hydrogen (secondary N) is 1. The number of anilines is 1. The number of nitrogens with zero attached hydrogens (tertiary/aromatic N) is 1. The minimum Gasteiger partial charge on any atom is -0.366 e. The molecule has 3 heteroatoms. The maximum Gasteiger partial charge on any atom is 0.140 e. The fourth-order valence-corrected chi connectivity index (χ4v) is 1.88. The second-order valence-electron chi connectivity index (χ2n) is 4.56. The van der Waals surface area contributed by atoms with Crippen molar-refractivity contribution >= 4 is 5.69 Å². The van der Waals surface area contributed by atoms with Crippen molar-refractivity contribution < 1.29 is 4.39 Å². The highest BCUT2D eigenvalue weighted by Gasteiger charge is 2.11. The molecular weight excluding hydrogens is 239 g/mol. The largest absolute Gasteiger partial charge is 0.366 e. The summed E-state index contributed by atoms with van der Waals surface area (Å²) in [5.74, 6) is -0.318. The van der Waals surface area contributed by atoms with Crippen LogP contribution in [-0.2, 0) is 0 Å². The summed E-state index contributed by atoms with van der Waals surface area (Å²) in [6.45, 7) is 4.04. The van der Waals surface area contributed by atoms with Gasteiger partial charge in [-0.2, -0.15) is 5.26 Å². The normalized spacial score (nSPS) is 11.7. The third-order valence-electron chi connectivity index (χ3n) is 3.13. The van der Waals surface area contributed by atoms with E-state index in [4.69, 9.17) is 0 Å². The zero-order chi connectivity index (χ0) is 13.8. The van der Waals surface area contributed by atoms with E-state index < -0.39 is 6.04 Å². The van der Waals surface area contributed by atoms with Crippen LogP contribution in [0.2, 0.25) is 0 Å². The van der Waals surface area contributed by atoms with Crippen LogP contribution in [-0.4, -0.2) is 0 Å². The molecule has 0 aliphatic rings. The van der Waals surface area contributed by atoms with Gasteiger partial charge in [0.2, 0.25) is 0 Å². The van der Waals surface area contributed by atoms with Crippen LogP contribution in [0.25, 0.3) is 0 Å². The smallest absolute Gasteiger partial charge is 0.140 e. The van der Waals surface area contributed by atoms with Crippen molar-refractivity contribution in [3.05, 3.63) is 65.0 Å². The molecule has 0 aliphatic heterocycles. The molecule has 0 heterocycles. The molecule has 0 radical (unpaired) electrons. The molecule has 0 aliphatic carbocycles. The number of benzene rings is 2. The lowest BCUT2D eigenvalue weighted by molar-refractivity contribution is 0.628. The first-order valence-corrected chi connectivity index (χ1v) is 6.09. The Kier molecular flexibility index (Phi) is 3.82. The third kappa shape index (κ3) is 3.11. The maximum absolute atomic E-state index is 13.1. The van der Waals surface area contributed by atoms with Crippen LogP contribution in [0.3, 0.4) is 0 Å². The highest BCUT2D eigenvalue weighted by Crippen LogP contribution is 2.21. The summed E-state index contributed by atoms with van der Waals surface area (Å²) >= 11 is 0. The van der Waals surface area contributed by atoms with Gasteiger partial charge in [-0.3, -0.25) is 0 Å². The van der Waals surface area contributed by atoms with Gasteiger partial charge >= 0.3 is 0 Å². The molecule has 1 unspecified atom stereocenters. The molecule has 0 aromatic heterocycles. The molecule has 0 saturated heterocycles. The van der Waals surface area contributed by atoms with Crippen molar-refractivity contribution in [3.8, 4) is 6.07 Å². The van der Waals surface area contributed by atoms with Crippen LogP contribution in [0.15, 0.2) is 42.5 Å². The van der Waals surface area contributed by atoms with Gasteiger partial charge in [0, 0.05) is 5.69 Å². The lowest BCUT2D eigenvalue weighted by atomic mass is 10.0. The van der Waals surface area contributed by atoms with Crippen molar-refractivity contribution in [2.24, 2.45) is 0 Å². The van der Waals surface area contributed by atoms with Crippen LogP contribution >= 0.6 is 0 Å². The minimum absolute atomic E-state index is 0.318. The lowest BCUT2D eigenvalue weighted by Gasteiger charge is -2.14. The van der Waals surface area contributed by atoms with E-state index in [1.165, 1.54) is 17.7 Å². The third-order valence-corrected chi connectivity index (χ3v) is 3.13. The number of aryl methyl sites for hydroxylation is 2. The molecule has 2 nitrogen and oxygen atoms in total. The van der Waals surface area contributed by atoms with Crippen molar-refractivity contribution in [3.63, 3.8) is 0 Å². The van der Waals surface area contributed by atoms with Crippen molar-refractivity contribution in [2.75, 3.05) is 5.32 Å². The summed E-state index contributed by atoms with van der Waals surface area (Å²) in [6.07, 6.45) is 0. The van der Waals surface area contributed by atoms with E-state index in [1.54, 1.807) is 12.1 Å². The molecule has 0 bridgehead atoms. The Balaban J connectivity index is 2.25. The molecular formula is C16H15FN2. The Morgan fingerprint density at radius 1 is 1.11 bits per heavy atom. The molecule has 96 valence electrons. The number of rotatable bonds is 3. The Labute approximate surface area is 112 Å². The van der Waals surface area contributed by atoms with Crippen LogP contribution in [0.5, 0.6) is 0 Å². The quantitative estimate of drug-likeness (QED) is 0.894. The Morgan fingerprint density at radius 2 is 1.89 bits per heavy atom. The molecule has 1 N–H and O–H groups in total. The van der Waals surface area contributed by atoms with E-state index in [0.29, 0.717) is 5.69 Å². The van der Waals surface area contributed by atoms with E-state index in [2.05, 4.69) is 11.4 Å². The maximum atomic E-state index is 13.1. The Hall–Kier alpha value is -2.34. The molecule has 19 heavy (non-hydrogen) atoms. The average Bonchev–Trinajstić information content (AvgIpc) is 2.39. The summed E-state index contributed by atoms with van der Waals surface area (Å²) in [5.41, 5.74) is 3.81. The van der Waals surface area contributed by atoms with E-state index in [9.17, 15) is 9.65 Å². The van der Waals surface area contributed by atoms with Crippen LogP contribution in [0, 0.1) is 31.0 Å². The van der Waals surface area contributed by atoms with Gasteiger partial charge in [0.05, 0.1) is 6.07 Å². The molecule has 1 atom stereocenters. The zero-order valence-electron chi connectivity index (χ0n) is 10.9. The molecule has 0 amide bonds. The van der Waals surface area contributed by atoms with E-state index >= 15 is 0 Å². The Morgan fingerprint density at radius 3 is 2.53 bits per heavy atom. The van der Waals surface area contributed by atoms with Crippen LogP contribution in [0.4, 0.5) is 10.1 Å². The second-order valence-corrected chi connectivity index (χ2v) is 4.56. The first kappa shape index (κ1) is 13.1. The van der Waals surface area contributed by atoms with Crippen molar-refractivity contribution in [2.45, 2.75) is 19.9 Å². The number of nitriles is 1. The first-order chi connectivity index (χ1) is 9.10. The Bertz CT molecular complexity index is 629. The van der Waals surface area contributed by atoms with Gasteiger partial charge in [0.1, 0.15) is 11.9 Å². The average molecular weight is 254 g/mol. The molecule has 2 aromatic rings. The number of halogens is 1. The van der Waals surface area contributed by atoms with Gasteiger partial charge in [-0.1, -0.05) is 24.3 Å². The fraction of sp³-hybridized carbons (Fsp3) is 0.188. The summed E-state index contributed by atoms with van der Waals surface area (Å²) in [6, 6.07) is 13.7. The van der Waals surface area contributed by atoms with Crippen molar-refractivity contribution in [1.29, 1.82) is 5.26 Å². The van der Waals surface area contributed by atoms with Gasteiger partial charge in [-0.05, 0) is 48.7 Å². The van der Waals surface area contributed by atoms with E-state index in [1.807, 2.05) is 32.0 Å². The van der Waals surface area contributed by atoms with E-state index in [0.717, 1.165) is 11.1 Å². The SMILES string of the molecule is Cc1ccc(C(C#N)Nc2cccc(F)c2)cc1C. The van der Waals surface area contributed by atoms with Crippen molar-refractivity contribution in [1.82, 2.24) is 0 Å². The molecule has 2 aromatic carbocycles. The number of hydrogen-bond donors (Lipinski definition) is 1. The van der Waals surface area contributed by atoms with Gasteiger partial charge < -0.3 is 5.32 Å². The van der Waals surface area contributed by atoms with E-state index in [-0.39, 0.29) is 5.82 Å². The topological polar surface area (TPSA) is 35.8 Å². The van der Waals surface area contributed by atoms with Gasteiger partial charge in [0.15, 0.2) is 0 Å². The van der Waals surface area contributed by atoms with Gasteiger partial charge in [-0.15, -0.1) is 0 Å². The van der Waals surface area contributed by atoms with Crippen LogP contribution < -0.4 is 5.32 Å². The summed E-state index contributed by atoms with van der Waals surface area (Å²) < 4.78 is 13.1. The standard InChI is InChI=1S/C16H15FN2/c1-11-6-7-13(8-12(11)2)16(10-18)19-15-5-3-4-14(17)9-15/h3-9,16,19H,1-2H3. The predicted molar refractivity (Wildman–Crippen MR) is 74.3 cm³/mol. The molecule has 0 saturated carbocycles. The summed E-state index contributed by atoms with van der Waals surface area (Å²) in [4.78, 5) is 0. The zero-order valence-corrected chi connectivity index (χ0v) is 10.9. The predicted octanol–water partition coefficient (Wildman–Crippen LogP) is 4.12. The van der Waals surface area contributed by atoms with Gasteiger partial charge in [-0.25, -0.2) is 4.39 Å². The molecule has 0 fully saturated rings. The first-order valence-electron chi connectivity index (χ1n) is 6.09. The molecule has 2 rings (SSSR count). The number of hydrogen-bond acceptors (Lipinski definition) is 2. The monoisotopic (exact) mass is 254 g/mol. The minimum atomic E-state index is -0.485. The second kappa shape index (κ2) is 5.53. The highest BCUT2D eigenvalue weighted by atomic mass is 19.1. The van der Waals surface area contributed by atoms with Gasteiger partial charge in [0.25, 0.3) is 0 Å². The lowest BCUT2D eigenvalue weighted by Crippen LogP contribution is -2.09. The fourth-order valence-electron chi connectivity index (χ4n) is 1.88. The molecule has 0 spiro atoms. The van der Waals surface area contributed by atoms with Crippen LogP contribution in [0.1, 0.15) is 22.7 Å².